The van der Waals surface area contributed by atoms with Gasteiger partial charge in [-0.3, -0.25) is 9.48 Å². The number of halogens is 2. The Morgan fingerprint density at radius 3 is 2.67 bits per heavy atom. The highest BCUT2D eigenvalue weighted by Crippen LogP contribution is 2.10. The number of carbonyl (C=O) groups is 1. The Kier molecular flexibility index (Phi) is 4.25. The lowest BCUT2D eigenvalue weighted by molar-refractivity contribution is 0.0978. The molecule has 0 fully saturated rings. The zero-order valence-corrected chi connectivity index (χ0v) is 11.2. The largest absolute Gasteiger partial charge is 0.294 e. The monoisotopic (exact) mass is 310 g/mol. The molecule has 0 radical (unpaired) electrons. The van der Waals surface area contributed by atoms with E-state index in [0.717, 1.165) is 4.47 Å². The summed E-state index contributed by atoms with van der Waals surface area (Å²) in [5.74, 6) is -0.297. The van der Waals surface area contributed by atoms with E-state index < -0.39 is 0 Å². The molecule has 2 aromatic rings. The van der Waals surface area contributed by atoms with Crippen molar-refractivity contribution in [1.82, 2.24) is 9.78 Å². The van der Waals surface area contributed by atoms with E-state index in [0.29, 0.717) is 24.9 Å². The van der Waals surface area contributed by atoms with Gasteiger partial charge in [0.05, 0.1) is 10.7 Å². The second kappa shape index (κ2) is 5.91. The third kappa shape index (κ3) is 3.50. The van der Waals surface area contributed by atoms with E-state index in [1.165, 1.54) is 24.3 Å². The van der Waals surface area contributed by atoms with Gasteiger partial charge in [0.1, 0.15) is 5.82 Å². The Morgan fingerprint density at radius 2 is 2.06 bits per heavy atom. The first-order valence-electron chi connectivity index (χ1n) is 5.62. The van der Waals surface area contributed by atoms with Crippen LogP contribution < -0.4 is 0 Å². The predicted molar refractivity (Wildman–Crippen MR) is 69.9 cm³/mol. The summed E-state index contributed by atoms with van der Waals surface area (Å²) in [5.41, 5.74) is 0.554. The Balaban J connectivity index is 1.83. The predicted octanol–water partition coefficient (Wildman–Crippen LogP) is 3.45. The van der Waals surface area contributed by atoms with Crippen molar-refractivity contribution in [1.29, 1.82) is 0 Å². The Bertz CT molecular complexity index is 536. The van der Waals surface area contributed by atoms with Crippen molar-refractivity contribution in [3.63, 3.8) is 0 Å². The van der Waals surface area contributed by atoms with Crippen LogP contribution in [-0.2, 0) is 6.54 Å². The summed E-state index contributed by atoms with van der Waals surface area (Å²) in [7, 11) is 0. The van der Waals surface area contributed by atoms with Crippen molar-refractivity contribution in [3.05, 3.63) is 52.5 Å². The molecule has 2 rings (SSSR count). The number of aromatic nitrogens is 2. The number of ketones is 1. The topological polar surface area (TPSA) is 34.9 Å². The maximum Gasteiger partial charge on any atom is 0.162 e. The van der Waals surface area contributed by atoms with Crippen molar-refractivity contribution in [2.75, 3.05) is 0 Å². The smallest absolute Gasteiger partial charge is 0.162 e. The highest BCUT2D eigenvalue weighted by atomic mass is 79.9. The second-order valence-electron chi connectivity index (χ2n) is 3.96. The molecule has 0 spiro atoms. The van der Waals surface area contributed by atoms with Crippen LogP contribution >= 0.6 is 15.9 Å². The van der Waals surface area contributed by atoms with Crippen molar-refractivity contribution in [3.8, 4) is 0 Å². The Labute approximate surface area is 113 Å². The first kappa shape index (κ1) is 13.0. The van der Waals surface area contributed by atoms with Crippen LogP contribution in [0.5, 0.6) is 0 Å². The van der Waals surface area contributed by atoms with Crippen LogP contribution in [0.1, 0.15) is 23.2 Å². The van der Waals surface area contributed by atoms with Gasteiger partial charge >= 0.3 is 0 Å². The van der Waals surface area contributed by atoms with Gasteiger partial charge in [0, 0.05) is 24.7 Å². The van der Waals surface area contributed by atoms with Crippen molar-refractivity contribution < 1.29 is 9.18 Å². The van der Waals surface area contributed by atoms with Crippen LogP contribution in [0.4, 0.5) is 4.39 Å². The van der Waals surface area contributed by atoms with Gasteiger partial charge in [0.2, 0.25) is 0 Å². The van der Waals surface area contributed by atoms with Crippen LogP contribution in [0.25, 0.3) is 0 Å². The molecule has 1 aromatic heterocycles. The average molecular weight is 311 g/mol. The summed E-state index contributed by atoms with van der Waals surface area (Å²) in [6.07, 6.45) is 4.72. The lowest BCUT2D eigenvalue weighted by atomic mass is 10.1. The summed E-state index contributed by atoms with van der Waals surface area (Å²) in [6, 6.07) is 5.64. The Hall–Kier alpha value is -1.49. The average Bonchev–Trinajstić information content (AvgIpc) is 2.76. The maximum absolute atomic E-state index is 12.7. The minimum absolute atomic E-state index is 0.0289. The van der Waals surface area contributed by atoms with E-state index in [4.69, 9.17) is 0 Å². The van der Waals surface area contributed by atoms with Crippen molar-refractivity contribution in [2.24, 2.45) is 0 Å². The number of benzene rings is 1. The van der Waals surface area contributed by atoms with Crippen LogP contribution in [0.2, 0.25) is 0 Å². The molecule has 0 amide bonds. The molecular weight excluding hydrogens is 299 g/mol. The lowest BCUT2D eigenvalue weighted by Crippen LogP contribution is -2.03. The Morgan fingerprint density at radius 1 is 1.33 bits per heavy atom. The van der Waals surface area contributed by atoms with Gasteiger partial charge in [0.15, 0.2) is 5.78 Å². The molecule has 0 atom stereocenters. The summed E-state index contributed by atoms with van der Waals surface area (Å²) < 4.78 is 15.4. The highest BCUT2D eigenvalue weighted by molar-refractivity contribution is 9.10. The van der Waals surface area contributed by atoms with Crippen molar-refractivity contribution in [2.45, 2.75) is 19.4 Å². The number of carbonyl (C=O) groups excluding carboxylic acids is 1. The third-order valence-corrected chi connectivity index (χ3v) is 2.97. The molecule has 18 heavy (non-hydrogen) atoms. The lowest BCUT2D eigenvalue weighted by Gasteiger charge is -2.02. The number of Topliss-reactive ketones (excluding diaryl/α,β-unsaturated/α-hetero) is 1. The van der Waals surface area contributed by atoms with Crippen LogP contribution in [0.15, 0.2) is 41.1 Å². The molecule has 0 bridgehead atoms. The minimum Gasteiger partial charge on any atom is -0.294 e. The zero-order valence-electron chi connectivity index (χ0n) is 9.64. The van der Waals surface area contributed by atoms with E-state index >= 15 is 0 Å². The molecule has 0 aliphatic heterocycles. The standard InChI is InChI=1S/C13H12BrFN2O/c14-11-8-16-17(9-11)7-1-2-13(18)10-3-5-12(15)6-4-10/h3-6,8-9H,1-2,7H2. The first-order valence-corrected chi connectivity index (χ1v) is 6.41. The van der Waals surface area contributed by atoms with Crippen LogP contribution in [0, 0.1) is 5.82 Å². The fraction of sp³-hybridized carbons (Fsp3) is 0.231. The number of rotatable bonds is 5. The van der Waals surface area contributed by atoms with Gasteiger partial charge in [0.25, 0.3) is 0 Å². The van der Waals surface area contributed by atoms with E-state index in [9.17, 15) is 9.18 Å². The molecule has 5 heteroatoms. The van der Waals surface area contributed by atoms with Crippen LogP contribution in [-0.4, -0.2) is 15.6 Å². The fourth-order valence-corrected chi connectivity index (χ4v) is 1.97. The summed E-state index contributed by atoms with van der Waals surface area (Å²) in [4.78, 5) is 11.8. The second-order valence-corrected chi connectivity index (χ2v) is 4.87. The van der Waals surface area contributed by atoms with Gasteiger partial charge in [-0.05, 0) is 46.6 Å². The number of aryl methyl sites for hydroxylation is 1. The molecule has 0 saturated carbocycles. The summed E-state index contributed by atoms with van der Waals surface area (Å²) in [5, 5.41) is 4.11. The molecule has 0 aliphatic rings. The highest BCUT2D eigenvalue weighted by Gasteiger charge is 2.06. The normalized spacial score (nSPS) is 10.6. The fourth-order valence-electron chi connectivity index (χ4n) is 1.64. The molecule has 1 heterocycles. The van der Waals surface area contributed by atoms with Gasteiger partial charge in [-0.25, -0.2) is 4.39 Å². The molecule has 0 unspecified atom stereocenters. The summed E-state index contributed by atoms with van der Waals surface area (Å²) >= 11 is 3.31. The SMILES string of the molecule is O=C(CCCn1cc(Br)cn1)c1ccc(F)cc1. The number of hydrogen-bond acceptors (Lipinski definition) is 2. The molecular formula is C13H12BrFN2O. The van der Waals surface area contributed by atoms with Gasteiger partial charge in [-0.15, -0.1) is 0 Å². The molecule has 0 N–H and O–H groups in total. The zero-order chi connectivity index (χ0) is 13.0. The van der Waals surface area contributed by atoms with Gasteiger partial charge in [-0.1, -0.05) is 0 Å². The van der Waals surface area contributed by atoms with Gasteiger partial charge in [-0.2, -0.15) is 5.10 Å². The van der Waals surface area contributed by atoms with Crippen LogP contribution in [0.3, 0.4) is 0 Å². The molecule has 0 saturated heterocycles. The molecule has 94 valence electrons. The molecule has 0 aliphatic carbocycles. The van der Waals surface area contributed by atoms with E-state index in [2.05, 4.69) is 21.0 Å². The quantitative estimate of drug-likeness (QED) is 0.793. The van der Waals surface area contributed by atoms with E-state index in [1.54, 1.807) is 10.9 Å². The first-order chi connectivity index (χ1) is 8.65. The van der Waals surface area contributed by atoms with Crippen molar-refractivity contribution >= 4 is 21.7 Å². The number of hydrogen-bond donors (Lipinski definition) is 0. The van der Waals surface area contributed by atoms with E-state index in [1.807, 2.05) is 6.20 Å². The number of nitrogens with zero attached hydrogens (tertiary/aromatic N) is 2. The van der Waals surface area contributed by atoms with E-state index in [-0.39, 0.29) is 11.6 Å². The summed E-state index contributed by atoms with van der Waals surface area (Å²) in [6.45, 7) is 0.693. The minimum atomic E-state index is -0.326. The maximum atomic E-state index is 12.7. The molecule has 3 nitrogen and oxygen atoms in total. The molecule has 1 aromatic carbocycles. The van der Waals surface area contributed by atoms with Gasteiger partial charge < -0.3 is 0 Å². The third-order valence-electron chi connectivity index (χ3n) is 2.56.